The van der Waals surface area contributed by atoms with Gasteiger partial charge in [-0.2, -0.15) is 0 Å². The van der Waals surface area contributed by atoms with E-state index in [2.05, 4.69) is 4.72 Å². The van der Waals surface area contributed by atoms with Crippen molar-refractivity contribution in [1.82, 2.24) is 0 Å². The molecule has 0 radical (unpaired) electrons. The van der Waals surface area contributed by atoms with Crippen molar-refractivity contribution in [3.8, 4) is 0 Å². The van der Waals surface area contributed by atoms with Gasteiger partial charge in [0, 0.05) is 5.69 Å². The summed E-state index contributed by atoms with van der Waals surface area (Å²) < 4.78 is 32.0. The van der Waals surface area contributed by atoms with E-state index >= 15 is 0 Å². The zero-order valence-electron chi connectivity index (χ0n) is 13.1. The Labute approximate surface area is 136 Å². The molecular formula is C17H19NO4S. The third kappa shape index (κ3) is 4.82. The van der Waals surface area contributed by atoms with Gasteiger partial charge in [0.25, 0.3) is 10.0 Å². The number of hydrogen-bond donors (Lipinski definition) is 1. The minimum Gasteiger partial charge on any atom is -0.466 e. The molecule has 0 spiro atoms. The molecule has 0 aromatic heterocycles. The molecule has 0 aliphatic carbocycles. The van der Waals surface area contributed by atoms with Gasteiger partial charge >= 0.3 is 5.97 Å². The molecule has 0 aliphatic rings. The van der Waals surface area contributed by atoms with Crippen LogP contribution in [0, 0.1) is 6.92 Å². The third-order valence-electron chi connectivity index (χ3n) is 3.16. The number of ether oxygens (including phenoxy) is 1. The maximum Gasteiger partial charge on any atom is 0.310 e. The van der Waals surface area contributed by atoms with Crippen molar-refractivity contribution in [3.63, 3.8) is 0 Å². The first-order valence-electron chi connectivity index (χ1n) is 7.25. The lowest BCUT2D eigenvalue weighted by molar-refractivity contribution is -0.142. The summed E-state index contributed by atoms with van der Waals surface area (Å²) in [6.07, 6.45) is 0.165. The molecule has 0 amide bonds. The number of esters is 1. The van der Waals surface area contributed by atoms with Crippen LogP contribution in [0.5, 0.6) is 0 Å². The van der Waals surface area contributed by atoms with Crippen LogP contribution < -0.4 is 4.72 Å². The Kier molecular flexibility index (Phi) is 5.39. The van der Waals surface area contributed by atoms with E-state index in [9.17, 15) is 13.2 Å². The molecule has 5 nitrogen and oxygen atoms in total. The molecule has 2 aromatic rings. The molecule has 0 aliphatic heterocycles. The fourth-order valence-electron chi connectivity index (χ4n) is 2.07. The van der Waals surface area contributed by atoms with Crippen molar-refractivity contribution >= 4 is 21.7 Å². The second-order valence-electron chi connectivity index (χ2n) is 5.10. The Morgan fingerprint density at radius 3 is 2.43 bits per heavy atom. The Morgan fingerprint density at radius 1 is 1.13 bits per heavy atom. The van der Waals surface area contributed by atoms with Crippen LogP contribution in [-0.2, 0) is 26.0 Å². The zero-order chi connectivity index (χ0) is 16.9. The van der Waals surface area contributed by atoms with Crippen molar-refractivity contribution in [2.24, 2.45) is 0 Å². The minimum atomic E-state index is -3.62. The molecule has 0 unspecified atom stereocenters. The first-order chi connectivity index (χ1) is 10.9. The SMILES string of the molecule is CCOC(=O)Cc1ccc(NS(=O)(=O)c2cccc(C)c2)cc1. The van der Waals surface area contributed by atoms with Crippen LogP contribution in [0.25, 0.3) is 0 Å². The third-order valence-corrected chi connectivity index (χ3v) is 4.54. The standard InChI is InChI=1S/C17H19NO4S/c1-3-22-17(19)12-14-7-9-15(10-8-14)18-23(20,21)16-6-4-5-13(2)11-16/h4-11,18H,3,12H2,1-2H3. The summed E-state index contributed by atoms with van der Waals surface area (Å²) in [4.78, 5) is 11.6. The molecule has 0 bridgehead atoms. The zero-order valence-corrected chi connectivity index (χ0v) is 13.9. The van der Waals surface area contributed by atoms with Gasteiger partial charge in [-0.3, -0.25) is 9.52 Å². The first-order valence-corrected chi connectivity index (χ1v) is 8.73. The Balaban J connectivity index is 2.10. The van der Waals surface area contributed by atoms with Crippen LogP contribution in [0.4, 0.5) is 5.69 Å². The van der Waals surface area contributed by atoms with Gasteiger partial charge in [-0.1, -0.05) is 24.3 Å². The van der Waals surface area contributed by atoms with Crippen molar-refractivity contribution in [1.29, 1.82) is 0 Å². The molecule has 122 valence electrons. The van der Waals surface area contributed by atoms with Crippen molar-refractivity contribution in [2.45, 2.75) is 25.2 Å². The highest BCUT2D eigenvalue weighted by atomic mass is 32.2. The van der Waals surface area contributed by atoms with Crippen molar-refractivity contribution in [3.05, 3.63) is 59.7 Å². The predicted octanol–water partition coefficient (Wildman–Crippen LogP) is 2.90. The molecule has 0 saturated heterocycles. The van der Waals surface area contributed by atoms with E-state index in [-0.39, 0.29) is 17.3 Å². The van der Waals surface area contributed by atoms with E-state index < -0.39 is 10.0 Å². The summed E-state index contributed by atoms with van der Waals surface area (Å²) in [5, 5.41) is 0. The topological polar surface area (TPSA) is 72.5 Å². The average molecular weight is 333 g/mol. The molecule has 1 N–H and O–H groups in total. The van der Waals surface area contributed by atoms with Gasteiger partial charge in [0.2, 0.25) is 0 Å². The molecule has 0 saturated carbocycles. The number of hydrogen-bond acceptors (Lipinski definition) is 4. The van der Waals surface area contributed by atoms with E-state index in [0.29, 0.717) is 12.3 Å². The van der Waals surface area contributed by atoms with Crippen LogP contribution in [0.15, 0.2) is 53.4 Å². The second kappa shape index (κ2) is 7.28. The summed E-state index contributed by atoms with van der Waals surface area (Å²) in [7, 11) is -3.62. The number of benzene rings is 2. The number of nitrogens with one attached hydrogen (secondary N) is 1. The predicted molar refractivity (Wildman–Crippen MR) is 88.8 cm³/mol. The molecule has 0 heterocycles. The lowest BCUT2D eigenvalue weighted by Gasteiger charge is -2.09. The van der Waals surface area contributed by atoms with Gasteiger partial charge in [0.1, 0.15) is 0 Å². The Morgan fingerprint density at radius 2 is 1.83 bits per heavy atom. The van der Waals surface area contributed by atoms with E-state index in [1.165, 1.54) is 0 Å². The normalized spacial score (nSPS) is 11.0. The van der Waals surface area contributed by atoms with Crippen LogP contribution in [0.1, 0.15) is 18.1 Å². The maximum absolute atomic E-state index is 12.3. The molecule has 0 atom stereocenters. The Bertz CT molecular complexity index is 782. The number of carbonyl (C=O) groups excluding carboxylic acids is 1. The number of carbonyl (C=O) groups is 1. The van der Waals surface area contributed by atoms with Gasteiger partial charge in [0.15, 0.2) is 0 Å². The largest absolute Gasteiger partial charge is 0.466 e. The maximum atomic E-state index is 12.3. The monoisotopic (exact) mass is 333 g/mol. The van der Waals surface area contributed by atoms with Crippen molar-refractivity contribution in [2.75, 3.05) is 11.3 Å². The lowest BCUT2D eigenvalue weighted by Crippen LogP contribution is -2.13. The highest BCUT2D eigenvalue weighted by molar-refractivity contribution is 7.92. The summed E-state index contributed by atoms with van der Waals surface area (Å²) in [6, 6.07) is 13.3. The van der Waals surface area contributed by atoms with Gasteiger partial charge in [-0.25, -0.2) is 8.42 Å². The van der Waals surface area contributed by atoms with Gasteiger partial charge in [-0.15, -0.1) is 0 Å². The fourth-order valence-corrected chi connectivity index (χ4v) is 3.23. The molecule has 23 heavy (non-hydrogen) atoms. The van der Waals surface area contributed by atoms with E-state index in [1.807, 2.05) is 13.0 Å². The average Bonchev–Trinajstić information content (AvgIpc) is 2.49. The summed E-state index contributed by atoms with van der Waals surface area (Å²) in [5.74, 6) is -0.305. The number of rotatable bonds is 6. The molecular weight excluding hydrogens is 314 g/mol. The van der Waals surface area contributed by atoms with Crippen LogP contribution in [-0.4, -0.2) is 21.0 Å². The summed E-state index contributed by atoms with van der Waals surface area (Å²) in [5.41, 5.74) is 2.08. The molecule has 6 heteroatoms. The van der Waals surface area contributed by atoms with E-state index in [0.717, 1.165) is 11.1 Å². The smallest absolute Gasteiger partial charge is 0.310 e. The number of sulfonamides is 1. The first kappa shape index (κ1) is 17.0. The summed E-state index contributed by atoms with van der Waals surface area (Å²) >= 11 is 0. The van der Waals surface area contributed by atoms with Crippen LogP contribution >= 0.6 is 0 Å². The van der Waals surface area contributed by atoms with Crippen LogP contribution in [0.2, 0.25) is 0 Å². The highest BCUT2D eigenvalue weighted by Crippen LogP contribution is 2.17. The lowest BCUT2D eigenvalue weighted by atomic mass is 10.1. The second-order valence-corrected chi connectivity index (χ2v) is 6.78. The van der Waals surface area contributed by atoms with E-state index in [4.69, 9.17) is 4.74 Å². The van der Waals surface area contributed by atoms with E-state index in [1.54, 1.807) is 49.4 Å². The minimum absolute atomic E-state index is 0.165. The summed E-state index contributed by atoms with van der Waals surface area (Å²) in [6.45, 7) is 3.93. The quantitative estimate of drug-likeness (QED) is 0.825. The van der Waals surface area contributed by atoms with Gasteiger partial charge < -0.3 is 4.74 Å². The van der Waals surface area contributed by atoms with Gasteiger partial charge in [0.05, 0.1) is 17.9 Å². The van der Waals surface area contributed by atoms with Crippen molar-refractivity contribution < 1.29 is 17.9 Å². The number of aryl methyl sites for hydroxylation is 1. The molecule has 0 fully saturated rings. The van der Waals surface area contributed by atoms with Gasteiger partial charge in [-0.05, 0) is 49.2 Å². The Hall–Kier alpha value is -2.34. The fraction of sp³-hybridized carbons (Fsp3) is 0.235. The molecule has 2 aromatic carbocycles. The molecule has 2 rings (SSSR count). The number of anilines is 1. The highest BCUT2D eigenvalue weighted by Gasteiger charge is 2.14. The van der Waals surface area contributed by atoms with Crippen LogP contribution in [0.3, 0.4) is 0 Å².